The van der Waals surface area contributed by atoms with Gasteiger partial charge in [0.15, 0.2) is 0 Å². The number of benzene rings is 1. The monoisotopic (exact) mass is 448 g/mol. The summed E-state index contributed by atoms with van der Waals surface area (Å²) in [5.74, 6) is 1.27. The van der Waals surface area contributed by atoms with Crippen molar-refractivity contribution in [1.82, 2.24) is 0 Å². The predicted octanol–water partition coefficient (Wildman–Crippen LogP) is 7.30. The number of aryl methyl sites for hydroxylation is 1. The molecule has 0 aliphatic heterocycles. The molecule has 4 aliphatic carbocycles. The number of fused-ring (bicyclic) bond motifs is 4. The molecule has 2 N–H and O–H groups in total. The Morgan fingerprint density at radius 3 is 2.48 bits per heavy atom. The van der Waals surface area contributed by atoms with Crippen molar-refractivity contribution in [2.45, 2.75) is 98.7 Å². The molecule has 7 atom stereocenters. The summed E-state index contributed by atoms with van der Waals surface area (Å²) in [4.78, 5) is 0. The molecule has 33 heavy (non-hydrogen) atoms. The smallest absolute Gasteiger partial charge is 0.0818 e. The van der Waals surface area contributed by atoms with E-state index < -0.39 is 6.10 Å². The van der Waals surface area contributed by atoms with E-state index in [2.05, 4.69) is 71.9 Å². The third-order valence-electron chi connectivity index (χ3n) is 10.9. The first-order valence-electron chi connectivity index (χ1n) is 13.4. The summed E-state index contributed by atoms with van der Waals surface area (Å²) >= 11 is 0. The lowest BCUT2D eigenvalue weighted by molar-refractivity contribution is -0.0907. The number of aliphatic hydroxyl groups excluding tert-OH is 2. The molecule has 0 saturated heterocycles. The van der Waals surface area contributed by atoms with Crippen molar-refractivity contribution in [3.8, 4) is 0 Å². The Kier molecular flexibility index (Phi) is 5.54. The molecule has 1 unspecified atom stereocenters. The van der Waals surface area contributed by atoms with Gasteiger partial charge in [-0.1, -0.05) is 76.1 Å². The van der Waals surface area contributed by atoms with Crippen LogP contribution in [0.2, 0.25) is 0 Å². The maximum atomic E-state index is 11.3. The molecule has 0 bridgehead atoms. The topological polar surface area (TPSA) is 40.5 Å². The Morgan fingerprint density at radius 1 is 1.00 bits per heavy atom. The van der Waals surface area contributed by atoms with E-state index in [1.54, 1.807) is 16.7 Å². The third kappa shape index (κ3) is 3.34. The summed E-state index contributed by atoms with van der Waals surface area (Å²) in [6.07, 6.45) is 9.82. The van der Waals surface area contributed by atoms with Gasteiger partial charge in [0, 0.05) is 0 Å². The van der Waals surface area contributed by atoms with Crippen molar-refractivity contribution < 1.29 is 10.2 Å². The molecular weight excluding hydrogens is 404 g/mol. The molecule has 0 amide bonds. The quantitative estimate of drug-likeness (QED) is 0.509. The van der Waals surface area contributed by atoms with Crippen LogP contribution in [0, 0.1) is 40.9 Å². The second-order valence-electron chi connectivity index (χ2n) is 12.9. The van der Waals surface area contributed by atoms with E-state index >= 15 is 0 Å². The van der Waals surface area contributed by atoms with Crippen molar-refractivity contribution >= 4 is 0 Å². The van der Waals surface area contributed by atoms with Crippen molar-refractivity contribution in [3.05, 3.63) is 58.2 Å². The van der Waals surface area contributed by atoms with Gasteiger partial charge in [-0.05, 0) is 103 Å². The van der Waals surface area contributed by atoms with Gasteiger partial charge in [-0.2, -0.15) is 0 Å². The first-order valence-corrected chi connectivity index (χ1v) is 13.4. The molecule has 0 aromatic heterocycles. The van der Waals surface area contributed by atoms with E-state index in [4.69, 9.17) is 0 Å². The minimum atomic E-state index is -0.413. The number of allylic oxidation sites excluding steroid dienone is 4. The van der Waals surface area contributed by atoms with Crippen LogP contribution in [0.5, 0.6) is 0 Å². The molecule has 2 heteroatoms. The minimum Gasteiger partial charge on any atom is -0.393 e. The van der Waals surface area contributed by atoms with Crippen molar-refractivity contribution in [3.63, 3.8) is 0 Å². The Morgan fingerprint density at radius 2 is 1.76 bits per heavy atom. The van der Waals surface area contributed by atoms with Gasteiger partial charge >= 0.3 is 0 Å². The highest BCUT2D eigenvalue weighted by molar-refractivity contribution is 5.50. The Balaban J connectivity index is 1.45. The lowest BCUT2D eigenvalue weighted by Crippen LogP contribution is -2.53. The second-order valence-corrected chi connectivity index (χ2v) is 12.9. The molecule has 4 aliphatic rings. The number of aliphatic hydroxyl groups is 2. The second kappa shape index (κ2) is 7.82. The van der Waals surface area contributed by atoms with Crippen LogP contribution in [-0.2, 0) is 0 Å². The van der Waals surface area contributed by atoms with Crippen molar-refractivity contribution in [1.29, 1.82) is 0 Å². The molecule has 1 aromatic carbocycles. The zero-order valence-electron chi connectivity index (χ0n) is 21.6. The number of hydrogen-bond acceptors (Lipinski definition) is 2. The highest BCUT2D eigenvalue weighted by Gasteiger charge is 2.57. The first kappa shape index (κ1) is 23.4. The zero-order valence-corrected chi connectivity index (χ0v) is 21.6. The lowest BCUT2D eigenvalue weighted by atomic mass is 9.46. The van der Waals surface area contributed by atoms with Crippen LogP contribution in [0.3, 0.4) is 0 Å². The maximum Gasteiger partial charge on any atom is 0.0818 e. The van der Waals surface area contributed by atoms with Crippen LogP contribution in [0.4, 0.5) is 0 Å². The fraction of sp³-hybridized carbons (Fsp3) is 0.677. The SMILES string of the molecule is Cc1cccc(C(O)[C@@H](C)[C@H]2CC=C3C4=C(CC[C@@]32C)[C@@]2(C)CC[C@H](O)C(C)(C)[C@@H]2CC4)c1. The fourth-order valence-corrected chi connectivity index (χ4v) is 8.89. The summed E-state index contributed by atoms with van der Waals surface area (Å²) < 4.78 is 0. The molecule has 1 fully saturated rings. The van der Waals surface area contributed by atoms with Crippen LogP contribution in [0.15, 0.2) is 47.1 Å². The molecule has 2 nitrogen and oxygen atoms in total. The van der Waals surface area contributed by atoms with Gasteiger partial charge < -0.3 is 10.2 Å². The molecule has 1 saturated carbocycles. The van der Waals surface area contributed by atoms with Gasteiger partial charge in [0.1, 0.15) is 0 Å². The Hall–Kier alpha value is -1.38. The minimum absolute atomic E-state index is 0.00862. The summed E-state index contributed by atoms with van der Waals surface area (Å²) in [5.41, 5.74) is 7.65. The summed E-state index contributed by atoms with van der Waals surface area (Å²) in [6, 6.07) is 8.41. The van der Waals surface area contributed by atoms with Crippen LogP contribution in [0.25, 0.3) is 0 Å². The van der Waals surface area contributed by atoms with Gasteiger partial charge in [0.05, 0.1) is 12.2 Å². The third-order valence-corrected chi connectivity index (χ3v) is 10.9. The van der Waals surface area contributed by atoms with Crippen LogP contribution in [-0.4, -0.2) is 16.3 Å². The molecule has 1 aromatic rings. The zero-order chi connectivity index (χ0) is 23.8. The van der Waals surface area contributed by atoms with Gasteiger partial charge in [-0.3, -0.25) is 0 Å². The molecular formula is C31H44O2. The molecule has 0 heterocycles. The molecule has 180 valence electrons. The largest absolute Gasteiger partial charge is 0.393 e. The normalized spacial score (nSPS) is 39.3. The van der Waals surface area contributed by atoms with E-state index in [-0.39, 0.29) is 28.3 Å². The van der Waals surface area contributed by atoms with Gasteiger partial charge in [0.2, 0.25) is 0 Å². The van der Waals surface area contributed by atoms with Crippen LogP contribution < -0.4 is 0 Å². The summed E-state index contributed by atoms with van der Waals surface area (Å²) in [5, 5.41) is 22.1. The Bertz CT molecular complexity index is 1000. The van der Waals surface area contributed by atoms with Gasteiger partial charge in [-0.25, -0.2) is 0 Å². The van der Waals surface area contributed by atoms with E-state index in [0.717, 1.165) is 31.2 Å². The average Bonchev–Trinajstić information content (AvgIpc) is 3.13. The van der Waals surface area contributed by atoms with Gasteiger partial charge in [-0.15, -0.1) is 0 Å². The Labute approximate surface area is 201 Å². The van der Waals surface area contributed by atoms with E-state index in [0.29, 0.717) is 11.8 Å². The highest BCUT2D eigenvalue weighted by Crippen LogP contribution is 2.66. The maximum absolute atomic E-state index is 11.3. The van der Waals surface area contributed by atoms with Crippen molar-refractivity contribution in [2.75, 3.05) is 0 Å². The predicted molar refractivity (Wildman–Crippen MR) is 136 cm³/mol. The van der Waals surface area contributed by atoms with E-state index in [9.17, 15) is 10.2 Å². The fourth-order valence-electron chi connectivity index (χ4n) is 8.89. The molecule has 0 radical (unpaired) electrons. The van der Waals surface area contributed by atoms with E-state index in [1.807, 2.05) is 0 Å². The number of rotatable bonds is 3. The van der Waals surface area contributed by atoms with Crippen molar-refractivity contribution in [2.24, 2.45) is 34.0 Å². The van der Waals surface area contributed by atoms with E-state index in [1.165, 1.54) is 24.8 Å². The van der Waals surface area contributed by atoms with Gasteiger partial charge in [0.25, 0.3) is 0 Å². The summed E-state index contributed by atoms with van der Waals surface area (Å²) in [6.45, 7) is 14.0. The molecule has 5 rings (SSSR count). The first-order chi connectivity index (χ1) is 15.5. The van der Waals surface area contributed by atoms with Crippen LogP contribution in [0.1, 0.15) is 96.8 Å². The standard InChI is InChI=1S/C31H44O2/c1-19-8-7-9-21(18-19)28(33)20(2)23-11-12-24-22-10-13-26-29(3,4)27(32)15-17-31(26,6)25(22)14-16-30(23,24)5/h7-9,12,18,20,23,26-28,32-33H,10-11,13-17H2,1-6H3/t20-,23+,26-,27-,28?,30+,31+/m0/s1. The summed E-state index contributed by atoms with van der Waals surface area (Å²) in [7, 11) is 0. The number of hydrogen-bond donors (Lipinski definition) is 2. The average molecular weight is 449 g/mol. The molecule has 0 spiro atoms. The van der Waals surface area contributed by atoms with Crippen LogP contribution >= 0.6 is 0 Å². The highest BCUT2D eigenvalue weighted by atomic mass is 16.3. The lowest BCUT2D eigenvalue weighted by Gasteiger charge is -2.59.